The first-order chi connectivity index (χ1) is 8.24. The molecular formula is C10H11F3N2O3. The molecule has 0 fully saturated rings. The lowest BCUT2D eigenvalue weighted by molar-refractivity contribution is -0.145. The van der Waals surface area contributed by atoms with Crippen LogP contribution >= 0.6 is 0 Å². The van der Waals surface area contributed by atoms with E-state index in [1.807, 2.05) is 0 Å². The molecule has 5 nitrogen and oxygen atoms in total. The molecule has 1 unspecified atom stereocenters. The zero-order chi connectivity index (χ0) is 13.9. The number of carboxylic acids is 1. The minimum atomic E-state index is -4.78. The topological polar surface area (TPSA) is 72.3 Å². The lowest BCUT2D eigenvalue weighted by atomic mass is 10.2. The van der Waals surface area contributed by atoms with E-state index in [2.05, 4.69) is 9.97 Å². The molecule has 0 amide bonds. The fourth-order valence-corrected chi connectivity index (χ4v) is 1.22. The van der Waals surface area contributed by atoms with Crippen molar-refractivity contribution in [2.75, 3.05) is 7.11 Å². The number of carboxylic acid groups (broad SMARTS) is 1. The van der Waals surface area contributed by atoms with E-state index in [1.54, 1.807) is 6.92 Å². The summed E-state index contributed by atoms with van der Waals surface area (Å²) in [7, 11) is 1.40. The molecule has 8 heteroatoms. The van der Waals surface area contributed by atoms with Gasteiger partial charge < -0.3 is 9.84 Å². The fourth-order valence-electron chi connectivity index (χ4n) is 1.22. The Morgan fingerprint density at radius 2 is 2.11 bits per heavy atom. The third-order valence-electron chi connectivity index (χ3n) is 2.15. The first-order valence-corrected chi connectivity index (χ1v) is 4.95. The molecular weight excluding hydrogens is 253 g/mol. The maximum atomic E-state index is 12.5. The summed E-state index contributed by atoms with van der Waals surface area (Å²) >= 11 is 0. The number of alkyl halides is 3. The number of ether oxygens (including phenoxy) is 1. The Hall–Kier alpha value is -1.70. The smallest absolute Gasteiger partial charge is 0.451 e. The molecule has 0 saturated carbocycles. The Kier molecular flexibility index (Phi) is 4.23. The summed E-state index contributed by atoms with van der Waals surface area (Å²) in [5.74, 6) is -2.99. The van der Waals surface area contributed by atoms with Crippen LogP contribution < -0.4 is 0 Å². The number of aromatic nitrogens is 2. The minimum absolute atomic E-state index is 0.0240. The zero-order valence-corrected chi connectivity index (χ0v) is 9.65. The van der Waals surface area contributed by atoms with Crippen molar-refractivity contribution in [3.8, 4) is 0 Å². The van der Waals surface area contributed by atoms with Gasteiger partial charge in [0.15, 0.2) is 5.69 Å². The van der Waals surface area contributed by atoms with Crippen LogP contribution in [0.5, 0.6) is 0 Å². The highest BCUT2D eigenvalue weighted by Gasteiger charge is 2.36. The maximum Gasteiger partial charge on any atom is 0.451 e. The van der Waals surface area contributed by atoms with E-state index in [0.717, 1.165) is 6.07 Å². The number of hydrogen-bond acceptors (Lipinski definition) is 4. The molecule has 1 atom stereocenters. The van der Waals surface area contributed by atoms with Crippen molar-refractivity contribution in [3.63, 3.8) is 0 Å². The second-order valence-electron chi connectivity index (χ2n) is 3.62. The van der Waals surface area contributed by atoms with Crippen molar-refractivity contribution in [3.05, 3.63) is 23.3 Å². The SMILES string of the molecule is COC(C)Cc1cc(C(=O)O)nc(C(F)(F)F)n1. The second kappa shape index (κ2) is 5.30. The van der Waals surface area contributed by atoms with Gasteiger partial charge in [0.2, 0.25) is 5.82 Å². The third-order valence-corrected chi connectivity index (χ3v) is 2.15. The second-order valence-corrected chi connectivity index (χ2v) is 3.62. The summed E-state index contributed by atoms with van der Waals surface area (Å²) in [6.45, 7) is 1.63. The highest BCUT2D eigenvalue weighted by molar-refractivity contribution is 5.85. The molecule has 100 valence electrons. The lowest BCUT2D eigenvalue weighted by Crippen LogP contribution is -2.18. The van der Waals surface area contributed by atoms with Crippen molar-refractivity contribution in [2.45, 2.75) is 25.6 Å². The van der Waals surface area contributed by atoms with Gasteiger partial charge in [0.1, 0.15) is 0 Å². The van der Waals surface area contributed by atoms with E-state index in [1.165, 1.54) is 7.11 Å². The summed E-state index contributed by atoms with van der Waals surface area (Å²) in [6.07, 6.45) is -5.08. The normalized spacial score (nSPS) is 13.4. The van der Waals surface area contributed by atoms with Crippen LogP contribution in [0.15, 0.2) is 6.07 Å². The molecule has 1 N–H and O–H groups in total. The lowest BCUT2D eigenvalue weighted by Gasteiger charge is -2.11. The number of halogens is 3. The van der Waals surface area contributed by atoms with Crippen LogP contribution in [0.1, 0.15) is 28.9 Å². The predicted molar refractivity (Wildman–Crippen MR) is 54.2 cm³/mol. The number of aromatic carboxylic acids is 1. The molecule has 0 aliphatic rings. The summed E-state index contributed by atoms with van der Waals surface area (Å²) in [6, 6.07) is 1.01. The Morgan fingerprint density at radius 1 is 1.50 bits per heavy atom. The molecule has 1 aromatic heterocycles. The first-order valence-electron chi connectivity index (χ1n) is 4.95. The van der Waals surface area contributed by atoms with Gasteiger partial charge in [0.25, 0.3) is 0 Å². The van der Waals surface area contributed by atoms with Gasteiger partial charge in [0.05, 0.1) is 6.10 Å². The maximum absolute atomic E-state index is 12.5. The number of carbonyl (C=O) groups is 1. The molecule has 0 aromatic carbocycles. The molecule has 18 heavy (non-hydrogen) atoms. The highest BCUT2D eigenvalue weighted by atomic mass is 19.4. The fraction of sp³-hybridized carbons (Fsp3) is 0.500. The molecule has 1 aromatic rings. The summed E-state index contributed by atoms with van der Waals surface area (Å²) in [4.78, 5) is 17.0. The van der Waals surface area contributed by atoms with Crippen molar-refractivity contribution >= 4 is 5.97 Å². The first kappa shape index (κ1) is 14.4. The Labute approximate surface area is 101 Å². The van der Waals surface area contributed by atoms with Crippen LogP contribution in [0.25, 0.3) is 0 Å². The third kappa shape index (κ3) is 3.66. The van der Waals surface area contributed by atoms with Gasteiger partial charge >= 0.3 is 12.1 Å². The van der Waals surface area contributed by atoms with Crippen LogP contribution in [-0.2, 0) is 17.3 Å². The van der Waals surface area contributed by atoms with E-state index in [9.17, 15) is 18.0 Å². The van der Waals surface area contributed by atoms with Gasteiger partial charge in [-0.25, -0.2) is 14.8 Å². The van der Waals surface area contributed by atoms with Gasteiger partial charge in [-0.1, -0.05) is 0 Å². The van der Waals surface area contributed by atoms with Crippen molar-refractivity contribution in [2.24, 2.45) is 0 Å². The van der Waals surface area contributed by atoms with E-state index < -0.39 is 23.7 Å². The van der Waals surface area contributed by atoms with Gasteiger partial charge in [-0.05, 0) is 13.0 Å². The molecule has 1 heterocycles. The van der Waals surface area contributed by atoms with Crippen LogP contribution in [0, 0.1) is 0 Å². The average molecular weight is 264 g/mol. The number of hydrogen-bond donors (Lipinski definition) is 1. The van der Waals surface area contributed by atoms with Gasteiger partial charge in [0, 0.05) is 19.2 Å². The largest absolute Gasteiger partial charge is 0.477 e. The molecule has 0 bridgehead atoms. The quantitative estimate of drug-likeness (QED) is 0.897. The molecule has 0 saturated heterocycles. The van der Waals surface area contributed by atoms with Crippen LogP contribution in [0.4, 0.5) is 13.2 Å². The Balaban J connectivity index is 3.18. The summed E-state index contributed by atoms with van der Waals surface area (Å²) < 4.78 is 42.3. The van der Waals surface area contributed by atoms with E-state index in [-0.39, 0.29) is 18.2 Å². The molecule has 0 aliphatic carbocycles. The molecule has 1 rings (SSSR count). The van der Waals surface area contributed by atoms with E-state index >= 15 is 0 Å². The highest BCUT2D eigenvalue weighted by Crippen LogP contribution is 2.26. The molecule has 0 spiro atoms. The number of nitrogens with zero attached hydrogens (tertiary/aromatic N) is 2. The monoisotopic (exact) mass is 264 g/mol. The van der Waals surface area contributed by atoms with Crippen molar-refractivity contribution < 1.29 is 27.8 Å². The average Bonchev–Trinajstić information content (AvgIpc) is 2.27. The van der Waals surface area contributed by atoms with Gasteiger partial charge in [-0.15, -0.1) is 0 Å². The Morgan fingerprint density at radius 3 is 2.56 bits per heavy atom. The minimum Gasteiger partial charge on any atom is -0.477 e. The predicted octanol–water partition coefficient (Wildman–Crippen LogP) is 1.77. The van der Waals surface area contributed by atoms with Crippen LogP contribution in [-0.4, -0.2) is 34.3 Å². The van der Waals surface area contributed by atoms with E-state index in [4.69, 9.17) is 9.84 Å². The van der Waals surface area contributed by atoms with Crippen molar-refractivity contribution in [1.82, 2.24) is 9.97 Å². The van der Waals surface area contributed by atoms with Crippen molar-refractivity contribution in [1.29, 1.82) is 0 Å². The van der Waals surface area contributed by atoms with Gasteiger partial charge in [-0.3, -0.25) is 0 Å². The van der Waals surface area contributed by atoms with Crippen LogP contribution in [0.2, 0.25) is 0 Å². The standard InChI is InChI=1S/C10H11F3N2O3/c1-5(18-2)3-6-4-7(8(16)17)15-9(14-6)10(11,12)13/h4-5H,3H2,1-2H3,(H,16,17). The zero-order valence-electron chi connectivity index (χ0n) is 9.65. The number of rotatable bonds is 4. The molecule has 0 aliphatic heterocycles. The molecule has 0 radical (unpaired) electrons. The summed E-state index contributed by atoms with van der Waals surface area (Å²) in [5.41, 5.74) is -0.709. The van der Waals surface area contributed by atoms with Gasteiger partial charge in [-0.2, -0.15) is 13.2 Å². The number of methoxy groups -OCH3 is 1. The van der Waals surface area contributed by atoms with Crippen LogP contribution in [0.3, 0.4) is 0 Å². The summed E-state index contributed by atoms with van der Waals surface area (Å²) in [5, 5.41) is 8.70. The Bertz CT molecular complexity index is 448. The van der Waals surface area contributed by atoms with E-state index in [0.29, 0.717) is 0 Å².